The van der Waals surface area contributed by atoms with Gasteiger partial charge in [-0.2, -0.15) is 0 Å². The van der Waals surface area contributed by atoms with Gasteiger partial charge in [-0.05, 0) is 46.6 Å². The normalized spacial score (nSPS) is 17.8. The third-order valence-electron chi connectivity index (χ3n) is 2.35. The van der Waals surface area contributed by atoms with Crippen LogP contribution in [0.25, 0.3) is 0 Å². The largest absolute Gasteiger partial charge is 0.479 e. The summed E-state index contributed by atoms with van der Waals surface area (Å²) >= 11 is 0. The summed E-state index contributed by atoms with van der Waals surface area (Å²) in [7, 11) is 6.00. The van der Waals surface area contributed by atoms with Crippen molar-refractivity contribution in [2.75, 3.05) is 21.1 Å². The molecule has 2 rings (SSSR count). The molecule has 0 amide bonds. The second-order valence-electron chi connectivity index (χ2n) is 5.16. The molecule has 1 heterocycles. The van der Waals surface area contributed by atoms with Gasteiger partial charge in [-0.3, -0.25) is 4.79 Å². The van der Waals surface area contributed by atoms with Gasteiger partial charge in [0.05, 0.1) is 0 Å². The number of ether oxygens (including phenoxy) is 1. The molecule has 0 radical (unpaired) electrons. The van der Waals surface area contributed by atoms with Gasteiger partial charge in [0.25, 0.3) is 0 Å². The van der Waals surface area contributed by atoms with Crippen molar-refractivity contribution in [2.45, 2.75) is 53.6 Å². The molecular weight excluding hydrogens is 262 g/mol. The minimum Gasteiger partial charge on any atom is -0.479 e. The van der Waals surface area contributed by atoms with Crippen LogP contribution in [0.15, 0.2) is 18.2 Å². The Hall–Kier alpha value is -1.35. The predicted molar refractivity (Wildman–Crippen MR) is 92.3 cm³/mol. The van der Waals surface area contributed by atoms with Crippen LogP contribution in [-0.4, -0.2) is 37.9 Å². The predicted octanol–water partition coefficient (Wildman–Crippen LogP) is 4.12. The molecule has 1 aromatic rings. The smallest absolute Gasteiger partial charge is 0.165 e. The van der Waals surface area contributed by atoms with Crippen LogP contribution in [-0.2, 0) is 11.2 Å². The maximum atomic E-state index is 10.8. The Morgan fingerprint density at radius 3 is 2.05 bits per heavy atom. The van der Waals surface area contributed by atoms with Crippen molar-refractivity contribution in [1.82, 2.24) is 4.90 Å². The topological polar surface area (TPSA) is 29.5 Å². The average Bonchev–Trinajstić information content (AvgIpc) is 2.79. The minimum atomic E-state index is -0.643. The van der Waals surface area contributed by atoms with Gasteiger partial charge in [-0.1, -0.05) is 45.4 Å². The first-order valence-corrected chi connectivity index (χ1v) is 7.72. The highest BCUT2D eigenvalue weighted by molar-refractivity contribution is 5.66. The molecule has 0 fully saturated rings. The summed E-state index contributed by atoms with van der Waals surface area (Å²) < 4.78 is 5.53. The molecule has 3 nitrogen and oxygen atoms in total. The number of rotatable bonds is 1. The first kappa shape index (κ1) is 21.9. The van der Waals surface area contributed by atoms with Crippen LogP contribution in [0.3, 0.4) is 0 Å². The maximum absolute atomic E-state index is 10.8. The fraction of sp³-hybridized carbons (Fsp3) is 0.611. The van der Waals surface area contributed by atoms with E-state index in [2.05, 4.69) is 6.07 Å². The number of fused-ring (bicyclic) bond motifs is 1. The summed E-state index contributed by atoms with van der Waals surface area (Å²) in [5.74, 6) is 0.847. The summed E-state index contributed by atoms with van der Waals surface area (Å²) in [5.41, 5.74) is 1.70. The van der Waals surface area contributed by atoms with Crippen LogP contribution >= 0.6 is 0 Å². The molecule has 0 aliphatic carbocycles. The molecule has 0 saturated heterocycles. The summed E-state index contributed by atoms with van der Waals surface area (Å²) in [6.07, 6.45) is 1.57. The molecule has 0 bridgehead atoms. The molecule has 1 aliphatic rings. The lowest BCUT2D eigenvalue weighted by molar-refractivity contribution is -0.118. The van der Waals surface area contributed by atoms with Crippen molar-refractivity contribution in [2.24, 2.45) is 0 Å². The number of aryl methyl sites for hydroxylation is 1. The second kappa shape index (κ2) is 11.3. The summed E-state index contributed by atoms with van der Waals surface area (Å²) in [6, 6.07) is 6.00. The fourth-order valence-corrected chi connectivity index (χ4v) is 1.68. The Morgan fingerprint density at radius 1 is 1.14 bits per heavy atom. The standard InChI is InChI=1S/C11H12O2.C3H9N.2C2H6/c1-8-3-4-10-9(5-8)6-11(2,7-12)13-10;1-4(2)3;2*1-2/h3-5,7H,6H2,1-2H3;1-3H3;2*1-2H3. The highest BCUT2D eigenvalue weighted by Crippen LogP contribution is 2.34. The second-order valence-corrected chi connectivity index (χ2v) is 5.16. The van der Waals surface area contributed by atoms with E-state index in [0.717, 1.165) is 17.6 Å². The molecule has 0 aromatic heterocycles. The van der Waals surface area contributed by atoms with Crippen LogP contribution in [0.1, 0.15) is 45.7 Å². The number of carbonyl (C=O) groups excluding carboxylic acids is 1. The zero-order chi connectivity index (χ0) is 17.1. The lowest BCUT2D eigenvalue weighted by Crippen LogP contribution is -2.31. The van der Waals surface area contributed by atoms with Crippen LogP contribution in [0.5, 0.6) is 5.75 Å². The van der Waals surface area contributed by atoms with Crippen molar-refractivity contribution in [1.29, 1.82) is 0 Å². The zero-order valence-corrected chi connectivity index (χ0v) is 15.3. The van der Waals surface area contributed by atoms with Gasteiger partial charge in [0, 0.05) is 6.42 Å². The number of nitrogens with zero attached hydrogens (tertiary/aromatic N) is 1. The summed E-state index contributed by atoms with van der Waals surface area (Å²) in [4.78, 5) is 12.8. The van der Waals surface area contributed by atoms with E-state index in [1.54, 1.807) is 0 Å². The molecule has 3 heteroatoms. The van der Waals surface area contributed by atoms with Gasteiger partial charge < -0.3 is 9.64 Å². The van der Waals surface area contributed by atoms with Crippen molar-refractivity contribution >= 4 is 6.29 Å². The number of aldehydes is 1. The molecule has 0 saturated carbocycles. The summed E-state index contributed by atoms with van der Waals surface area (Å²) in [6.45, 7) is 11.9. The highest BCUT2D eigenvalue weighted by Gasteiger charge is 2.34. The molecule has 1 aromatic carbocycles. The lowest BCUT2D eigenvalue weighted by Gasteiger charge is -2.14. The minimum absolute atomic E-state index is 0.643. The van der Waals surface area contributed by atoms with Gasteiger partial charge in [0.2, 0.25) is 0 Å². The van der Waals surface area contributed by atoms with E-state index in [4.69, 9.17) is 4.74 Å². The molecule has 1 unspecified atom stereocenters. The SMILES string of the molecule is CC.CC.CN(C)C.Cc1ccc2c(c1)CC(C)(C=O)O2. The van der Waals surface area contributed by atoms with Crippen molar-refractivity contribution in [3.05, 3.63) is 29.3 Å². The highest BCUT2D eigenvalue weighted by atomic mass is 16.5. The maximum Gasteiger partial charge on any atom is 0.165 e. The first-order chi connectivity index (χ1) is 9.86. The van der Waals surface area contributed by atoms with Crippen LogP contribution in [0.2, 0.25) is 0 Å². The zero-order valence-electron chi connectivity index (χ0n) is 15.3. The Labute approximate surface area is 131 Å². The van der Waals surface area contributed by atoms with E-state index < -0.39 is 5.60 Å². The van der Waals surface area contributed by atoms with E-state index >= 15 is 0 Å². The Kier molecular flexibility index (Phi) is 11.8. The number of hydrogen-bond donors (Lipinski definition) is 0. The van der Waals surface area contributed by atoms with E-state index in [0.29, 0.717) is 6.42 Å². The van der Waals surface area contributed by atoms with Gasteiger partial charge in [-0.15, -0.1) is 0 Å². The molecule has 0 N–H and O–H groups in total. The molecule has 0 spiro atoms. The van der Waals surface area contributed by atoms with Gasteiger partial charge >= 0.3 is 0 Å². The van der Waals surface area contributed by atoms with Gasteiger partial charge in [0.1, 0.15) is 5.75 Å². The van der Waals surface area contributed by atoms with E-state index in [1.165, 1.54) is 5.56 Å². The molecule has 122 valence electrons. The molecule has 21 heavy (non-hydrogen) atoms. The van der Waals surface area contributed by atoms with Crippen LogP contribution in [0.4, 0.5) is 0 Å². The average molecular weight is 295 g/mol. The van der Waals surface area contributed by atoms with E-state index in [9.17, 15) is 4.79 Å². The van der Waals surface area contributed by atoms with E-state index in [1.807, 2.05) is 79.7 Å². The quantitative estimate of drug-likeness (QED) is 0.730. The van der Waals surface area contributed by atoms with Crippen molar-refractivity contribution < 1.29 is 9.53 Å². The number of hydrogen-bond acceptors (Lipinski definition) is 3. The van der Waals surface area contributed by atoms with Crippen LogP contribution < -0.4 is 4.74 Å². The fourth-order valence-electron chi connectivity index (χ4n) is 1.68. The van der Waals surface area contributed by atoms with Gasteiger partial charge in [-0.25, -0.2) is 0 Å². The van der Waals surface area contributed by atoms with Crippen molar-refractivity contribution in [3.8, 4) is 5.75 Å². The molecule has 1 aliphatic heterocycles. The number of benzene rings is 1. The Balaban J connectivity index is 0. The molecular formula is C18H33NO2. The third kappa shape index (κ3) is 8.51. The molecule has 1 atom stereocenters. The van der Waals surface area contributed by atoms with Gasteiger partial charge in [0.15, 0.2) is 11.9 Å². The third-order valence-corrected chi connectivity index (χ3v) is 2.35. The first-order valence-electron chi connectivity index (χ1n) is 7.72. The number of carbonyl (C=O) groups is 1. The monoisotopic (exact) mass is 295 g/mol. The Morgan fingerprint density at radius 2 is 1.62 bits per heavy atom. The lowest BCUT2D eigenvalue weighted by atomic mass is 10.0. The van der Waals surface area contributed by atoms with Crippen LogP contribution in [0, 0.1) is 6.92 Å². The van der Waals surface area contributed by atoms with Crippen molar-refractivity contribution in [3.63, 3.8) is 0 Å². The van der Waals surface area contributed by atoms with E-state index in [-0.39, 0.29) is 0 Å². The summed E-state index contributed by atoms with van der Waals surface area (Å²) in [5, 5.41) is 0. The Bertz CT molecular complexity index is 399.